The Morgan fingerprint density at radius 1 is 1.32 bits per heavy atom. The first-order valence-corrected chi connectivity index (χ1v) is 8.47. The van der Waals surface area contributed by atoms with Crippen LogP contribution in [-0.4, -0.2) is 44.9 Å². The van der Waals surface area contributed by atoms with Crippen molar-refractivity contribution in [3.8, 4) is 0 Å². The molecule has 2 fully saturated rings. The molecule has 2 atom stereocenters. The van der Waals surface area contributed by atoms with Crippen LogP contribution >= 0.6 is 0 Å². The molecule has 0 bridgehead atoms. The van der Waals surface area contributed by atoms with Crippen LogP contribution in [0.15, 0.2) is 18.2 Å². The number of benzene rings is 1. The van der Waals surface area contributed by atoms with Gasteiger partial charge >= 0.3 is 0 Å². The van der Waals surface area contributed by atoms with E-state index in [0.29, 0.717) is 0 Å². The van der Waals surface area contributed by atoms with Crippen LogP contribution in [0.1, 0.15) is 26.2 Å². The highest BCUT2D eigenvalue weighted by atomic mass is 16.5. The Balaban J connectivity index is 1.68. The largest absolute Gasteiger partial charge is 0.397 e. The maximum absolute atomic E-state index is 6.19. The van der Waals surface area contributed by atoms with Gasteiger partial charge < -0.3 is 26.0 Å². The molecule has 3 rings (SSSR count). The number of hydrogen-bond acceptors (Lipinski definition) is 5. The Bertz CT molecular complexity index is 482. The van der Waals surface area contributed by atoms with Gasteiger partial charge in [0.15, 0.2) is 0 Å². The summed E-state index contributed by atoms with van der Waals surface area (Å²) in [6, 6.07) is 6.53. The highest BCUT2D eigenvalue weighted by Crippen LogP contribution is 2.29. The minimum atomic E-state index is 0.213. The van der Waals surface area contributed by atoms with E-state index in [9.17, 15) is 0 Å². The smallest absolute Gasteiger partial charge is 0.0897 e. The summed E-state index contributed by atoms with van der Waals surface area (Å²) in [5.74, 6) is 0. The van der Waals surface area contributed by atoms with Crippen LogP contribution < -0.4 is 21.3 Å². The minimum absolute atomic E-state index is 0.213. The van der Waals surface area contributed by atoms with Crippen LogP contribution in [0.5, 0.6) is 0 Å². The van der Waals surface area contributed by atoms with Gasteiger partial charge in [-0.25, -0.2) is 0 Å². The van der Waals surface area contributed by atoms with Crippen molar-refractivity contribution in [2.24, 2.45) is 0 Å². The van der Waals surface area contributed by atoms with E-state index in [-0.39, 0.29) is 12.1 Å². The predicted molar refractivity (Wildman–Crippen MR) is 92.6 cm³/mol. The van der Waals surface area contributed by atoms with E-state index in [1.807, 2.05) is 6.07 Å². The van der Waals surface area contributed by atoms with Crippen LogP contribution in [-0.2, 0) is 4.74 Å². The van der Waals surface area contributed by atoms with Gasteiger partial charge in [-0.15, -0.1) is 0 Å². The molecule has 0 amide bonds. The van der Waals surface area contributed by atoms with Crippen LogP contribution in [0, 0.1) is 0 Å². The van der Waals surface area contributed by atoms with Gasteiger partial charge in [-0.2, -0.15) is 0 Å². The number of rotatable bonds is 4. The minimum Gasteiger partial charge on any atom is -0.397 e. The third-order valence-electron chi connectivity index (χ3n) is 4.64. The van der Waals surface area contributed by atoms with Gasteiger partial charge in [0, 0.05) is 31.9 Å². The average Bonchev–Trinajstić information content (AvgIpc) is 2.58. The third-order valence-corrected chi connectivity index (χ3v) is 4.64. The van der Waals surface area contributed by atoms with E-state index in [4.69, 9.17) is 10.5 Å². The van der Waals surface area contributed by atoms with E-state index in [1.54, 1.807) is 0 Å². The molecule has 2 aliphatic heterocycles. The van der Waals surface area contributed by atoms with E-state index in [1.165, 1.54) is 24.9 Å². The van der Waals surface area contributed by atoms with Crippen molar-refractivity contribution in [1.82, 2.24) is 5.32 Å². The molecule has 2 heterocycles. The van der Waals surface area contributed by atoms with E-state index < -0.39 is 0 Å². The van der Waals surface area contributed by atoms with Crippen molar-refractivity contribution < 1.29 is 4.74 Å². The van der Waals surface area contributed by atoms with Crippen LogP contribution in [0.4, 0.5) is 17.1 Å². The molecule has 122 valence electrons. The second-order valence-corrected chi connectivity index (χ2v) is 6.37. The zero-order valence-corrected chi connectivity index (χ0v) is 13.5. The van der Waals surface area contributed by atoms with Crippen molar-refractivity contribution in [2.45, 2.75) is 38.3 Å². The summed E-state index contributed by atoms with van der Waals surface area (Å²) in [4.78, 5) is 2.41. The van der Waals surface area contributed by atoms with Crippen molar-refractivity contribution in [3.63, 3.8) is 0 Å². The zero-order valence-electron chi connectivity index (χ0n) is 13.5. The average molecular weight is 304 g/mol. The van der Waals surface area contributed by atoms with Crippen molar-refractivity contribution in [2.75, 3.05) is 48.7 Å². The molecule has 0 aliphatic carbocycles. The number of ether oxygens (including phenoxy) is 1. The first-order valence-electron chi connectivity index (χ1n) is 8.47. The van der Waals surface area contributed by atoms with E-state index in [2.05, 4.69) is 34.6 Å². The van der Waals surface area contributed by atoms with Crippen molar-refractivity contribution >= 4 is 17.1 Å². The molecule has 22 heavy (non-hydrogen) atoms. The molecule has 1 aromatic rings. The molecule has 1 aromatic carbocycles. The number of nitrogen functional groups attached to an aromatic ring is 1. The molecule has 0 aromatic heterocycles. The number of piperidine rings is 1. The van der Waals surface area contributed by atoms with Gasteiger partial charge in [0.2, 0.25) is 0 Å². The topological polar surface area (TPSA) is 62.5 Å². The highest BCUT2D eigenvalue weighted by Gasteiger charge is 2.21. The zero-order chi connectivity index (χ0) is 15.4. The molecular formula is C17H28N4O. The molecule has 0 spiro atoms. The Kier molecular flexibility index (Phi) is 5.05. The fourth-order valence-corrected chi connectivity index (χ4v) is 3.30. The standard InChI is InChI=1S/C17H28N4O/c1-13(17-12-19-7-10-22-17)20-14-5-6-15(18)16(11-14)21-8-3-2-4-9-21/h5-6,11,13,17,19-20H,2-4,7-10,12,18H2,1H3. The quantitative estimate of drug-likeness (QED) is 0.743. The normalized spacial score (nSPS) is 24.0. The predicted octanol–water partition coefficient (Wildman–Crippen LogP) is 2.05. The molecule has 5 nitrogen and oxygen atoms in total. The van der Waals surface area contributed by atoms with E-state index in [0.717, 1.165) is 44.2 Å². The number of anilines is 3. The lowest BCUT2D eigenvalue weighted by atomic mass is 10.1. The summed E-state index contributed by atoms with van der Waals surface area (Å²) in [7, 11) is 0. The van der Waals surface area contributed by atoms with Crippen LogP contribution in [0.3, 0.4) is 0 Å². The summed E-state index contributed by atoms with van der Waals surface area (Å²) in [6.45, 7) is 7.04. The summed E-state index contributed by atoms with van der Waals surface area (Å²) < 4.78 is 5.82. The number of hydrogen-bond donors (Lipinski definition) is 3. The number of nitrogens with two attached hydrogens (primary N) is 1. The monoisotopic (exact) mass is 304 g/mol. The number of nitrogens with one attached hydrogen (secondary N) is 2. The summed E-state index contributed by atoms with van der Waals surface area (Å²) in [5, 5.41) is 6.95. The van der Waals surface area contributed by atoms with Crippen molar-refractivity contribution in [1.29, 1.82) is 0 Å². The molecule has 4 N–H and O–H groups in total. The lowest BCUT2D eigenvalue weighted by Crippen LogP contribution is -2.46. The first kappa shape index (κ1) is 15.4. The Morgan fingerprint density at radius 3 is 2.86 bits per heavy atom. The fourth-order valence-electron chi connectivity index (χ4n) is 3.30. The molecule has 5 heteroatoms. The van der Waals surface area contributed by atoms with Gasteiger partial charge in [-0.3, -0.25) is 0 Å². The maximum Gasteiger partial charge on any atom is 0.0897 e. The van der Waals surface area contributed by atoms with E-state index >= 15 is 0 Å². The van der Waals surface area contributed by atoms with Crippen LogP contribution in [0.2, 0.25) is 0 Å². The second kappa shape index (κ2) is 7.20. The first-order chi connectivity index (χ1) is 10.7. The van der Waals surface area contributed by atoms with Gasteiger partial charge in [0.1, 0.15) is 0 Å². The lowest BCUT2D eigenvalue weighted by Gasteiger charge is -2.32. The number of nitrogens with zero attached hydrogens (tertiary/aromatic N) is 1. The molecule has 2 saturated heterocycles. The molecule has 0 saturated carbocycles. The fraction of sp³-hybridized carbons (Fsp3) is 0.647. The maximum atomic E-state index is 6.19. The SMILES string of the molecule is CC(Nc1ccc(N)c(N2CCCCC2)c1)C1CNCCO1. The van der Waals surface area contributed by atoms with Gasteiger partial charge in [-0.1, -0.05) is 0 Å². The summed E-state index contributed by atoms with van der Waals surface area (Å²) >= 11 is 0. The lowest BCUT2D eigenvalue weighted by molar-refractivity contribution is 0.0201. The number of morpholine rings is 1. The van der Waals surface area contributed by atoms with Crippen molar-refractivity contribution in [3.05, 3.63) is 18.2 Å². The highest BCUT2D eigenvalue weighted by molar-refractivity contribution is 5.73. The summed E-state index contributed by atoms with van der Waals surface area (Å²) in [5.41, 5.74) is 9.35. The third kappa shape index (κ3) is 3.65. The molecule has 2 aliphatic rings. The van der Waals surface area contributed by atoms with Gasteiger partial charge in [-0.05, 0) is 44.4 Å². The summed E-state index contributed by atoms with van der Waals surface area (Å²) in [6.07, 6.45) is 4.06. The van der Waals surface area contributed by atoms with Crippen LogP contribution in [0.25, 0.3) is 0 Å². The second-order valence-electron chi connectivity index (χ2n) is 6.37. The van der Waals surface area contributed by atoms with Gasteiger partial charge in [0.05, 0.1) is 30.1 Å². The Morgan fingerprint density at radius 2 is 2.14 bits per heavy atom. The van der Waals surface area contributed by atoms with Gasteiger partial charge in [0.25, 0.3) is 0 Å². The molecule has 2 unspecified atom stereocenters. The molecular weight excluding hydrogens is 276 g/mol. The molecule has 0 radical (unpaired) electrons. The Hall–Kier alpha value is -1.46. The Labute approximate surface area is 133 Å².